The van der Waals surface area contributed by atoms with Crippen LogP contribution in [0.15, 0.2) is 5.38 Å². The average Bonchev–Trinajstić information content (AvgIpc) is 3.03. The van der Waals surface area contributed by atoms with E-state index in [4.69, 9.17) is 5.11 Å². The van der Waals surface area contributed by atoms with Gasteiger partial charge in [-0.05, 0) is 25.7 Å². The summed E-state index contributed by atoms with van der Waals surface area (Å²) < 4.78 is 0. The van der Waals surface area contributed by atoms with E-state index in [0.717, 1.165) is 37.0 Å². The van der Waals surface area contributed by atoms with Crippen LogP contribution in [0.5, 0.6) is 0 Å². The normalized spacial score (nSPS) is 26.5. The summed E-state index contributed by atoms with van der Waals surface area (Å²) in [4.78, 5) is 28.7. The van der Waals surface area contributed by atoms with E-state index < -0.39 is 5.97 Å². The van der Waals surface area contributed by atoms with Crippen LogP contribution in [-0.4, -0.2) is 39.0 Å². The first-order valence-corrected chi connectivity index (χ1v) is 6.56. The standard InChI is InChI=1S/C11H12N2O3S/c14-10(8-5-17-9(12-8)11(15)16)13-6-1-2-7(13)4-3-6/h5-7H,1-4H2,(H,15,16). The van der Waals surface area contributed by atoms with E-state index in [1.807, 2.05) is 4.90 Å². The van der Waals surface area contributed by atoms with Gasteiger partial charge in [-0.15, -0.1) is 11.3 Å². The molecule has 0 unspecified atom stereocenters. The summed E-state index contributed by atoms with van der Waals surface area (Å²) in [7, 11) is 0. The van der Waals surface area contributed by atoms with Crippen molar-refractivity contribution in [3.63, 3.8) is 0 Å². The highest BCUT2D eigenvalue weighted by Gasteiger charge is 2.42. The van der Waals surface area contributed by atoms with E-state index in [9.17, 15) is 9.59 Å². The van der Waals surface area contributed by atoms with E-state index >= 15 is 0 Å². The number of hydrogen-bond acceptors (Lipinski definition) is 4. The number of aromatic nitrogens is 1. The highest BCUT2D eigenvalue weighted by molar-refractivity contribution is 7.11. The number of aromatic carboxylic acids is 1. The second kappa shape index (κ2) is 3.80. The number of fused-ring (bicyclic) bond motifs is 2. The fraction of sp³-hybridized carbons (Fsp3) is 0.545. The molecule has 2 fully saturated rings. The number of hydrogen-bond donors (Lipinski definition) is 1. The van der Waals surface area contributed by atoms with E-state index in [0.29, 0.717) is 12.1 Å². The fourth-order valence-corrected chi connectivity index (χ4v) is 3.48. The number of carbonyl (C=O) groups is 2. The largest absolute Gasteiger partial charge is 0.476 e. The second-order valence-corrected chi connectivity index (χ2v) is 5.38. The van der Waals surface area contributed by atoms with E-state index in [1.54, 1.807) is 5.38 Å². The molecule has 2 bridgehead atoms. The molecule has 1 aromatic rings. The van der Waals surface area contributed by atoms with Crippen LogP contribution in [0.3, 0.4) is 0 Å². The number of carboxylic acid groups (broad SMARTS) is 1. The Morgan fingerprint density at radius 2 is 1.88 bits per heavy atom. The van der Waals surface area contributed by atoms with Gasteiger partial charge in [0.1, 0.15) is 5.69 Å². The maximum absolute atomic E-state index is 12.2. The minimum atomic E-state index is -1.07. The summed E-state index contributed by atoms with van der Waals surface area (Å²) in [5.41, 5.74) is 0.284. The molecule has 2 aliphatic rings. The molecule has 0 saturated carbocycles. The highest BCUT2D eigenvalue weighted by atomic mass is 32.1. The van der Waals surface area contributed by atoms with Gasteiger partial charge in [0, 0.05) is 17.5 Å². The molecule has 0 atom stereocenters. The van der Waals surface area contributed by atoms with Crippen molar-refractivity contribution >= 4 is 23.2 Å². The van der Waals surface area contributed by atoms with Gasteiger partial charge < -0.3 is 10.0 Å². The highest BCUT2D eigenvalue weighted by Crippen LogP contribution is 2.38. The molecule has 5 nitrogen and oxygen atoms in total. The van der Waals surface area contributed by atoms with Crippen molar-refractivity contribution in [2.24, 2.45) is 0 Å². The molecule has 3 heterocycles. The number of thiazole rings is 1. The van der Waals surface area contributed by atoms with Crippen molar-refractivity contribution in [1.29, 1.82) is 0 Å². The van der Waals surface area contributed by atoms with Gasteiger partial charge in [-0.3, -0.25) is 4.79 Å². The quantitative estimate of drug-likeness (QED) is 0.868. The van der Waals surface area contributed by atoms with Gasteiger partial charge in [0.2, 0.25) is 5.01 Å². The van der Waals surface area contributed by atoms with Crippen molar-refractivity contribution in [2.75, 3.05) is 0 Å². The molecule has 1 amide bonds. The SMILES string of the molecule is O=C(O)c1nc(C(=O)N2C3CCC2CC3)cs1. The van der Waals surface area contributed by atoms with Crippen LogP contribution < -0.4 is 0 Å². The fourth-order valence-electron chi connectivity index (χ4n) is 2.85. The predicted molar refractivity (Wildman–Crippen MR) is 61.3 cm³/mol. The van der Waals surface area contributed by atoms with Crippen molar-refractivity contribution < 1.29 is 14.7 Å². The van der Waals surface area contributed by atoms with Gasteiger partial charge in [-0.2, -0.15) is 0 Å². The van der Waals surface area contributed by atoms with Gasteiger partial charge in [0.05, 0.1) is 0 Å². The third-order valence-corrected chi connectivity index (χ3v) is 4.42. The van der Waals surface area contributed by atoms with E-state index in [1.165, 1.54) is 0 Å². The van der Waals surface area contributed by atoms with E-state index in [2.05, 4.69) is 4.98 Å². The lowest BCUT2D eigenvalue weighted by atomic mass is 10.0. The molecular weight excluding hydrogens is 240 g/mol. The minimum absolute atomic E-state index is 0.0140. The molecule has 1 N–H and O–H groups in total. The van der Waals surface area contributed by atoms with Crippen LogP contribution in [0.1, 0.15) is 46.0 Å². The summed E-state index contributed by atoms with van der Waals surface area (Å²) in [6.45, 7) is 0. The molecule has 0 spiro atoms. The molecule has 2 saturated heterocycles. The Balaban J connectivity index is 1.84. The number of rotatable bonds is 2. The van der Waals surface area contributed by atoms with Crippen LogP contribution in [0, 0.1) is 0 Å². The summed E-state index contributed by atoms with van der Waals surface area (Å²) >= 11 is 1.01. The maximum Gasteiger partial charge on any atom is 0.365 e. The van der Waals surface area contributed by atoms with Gasteiger partial charge >= 0.3 is 5.97 Å². The first-order valence-electron chi connectivity index (χ1n) is 5.68. The lowest BCUT2D eigenvalue weighted by molar-refractivity contribution is 0.0696. The monoisotopic (exact) mass is 252 g/mol. The second-order valence-electron chi connectivity index (χ2n) is 4.52. The number of amides is 1. The molecule has 0 aromatic carbocycles. The van der Waals surface area contributed by atoms with Crippen LogP contribution >= 0.6 is 11.3 Å². The number of carbonyl (C=O) groups excluding carboxylic acids is 1. The molecule has 0 aliphatic carbocycles. The van der Waals surface area contributed by atoms with Gasteiger partial charge in [-0.25, -0.2) is 9.78 Å². The van der Waals surface area contributed by atoms with Crippen molar-refractivity contribution in [3.8, 4) is 0 Å². The maximum atomic E-state index is 12.2. The number of nitrogens with zero attached hydrogens (tertiary/aromatic N) is 2. The summed E-state index contributed by atoms with van der Waals surface area (Å²) in [6.07, 6.45) is 4.30. The number of carboxylic acids is 1. The topological polar surface area (TPSA) is 70.5 Å². The molecule has 17 heavy (non-hydrogen) atoms. The Labute approximate surface area is 102 Å². The Hall–Kier alpha value is -1.43. The van der Waals surface area contributed by atoms with Gasteiger partial charge in [0.15, 0.2) is 0 Å². The van der Waals surface area contributed by atoms with Gasteiger partial charge in [0.25, 0.3) is 5.91 Å². The predicted octanol–water partition coefficient (Wildman–Crippen LogP) is 1.61. The lowest BCUT2D eigenvalue weighted by Gasteiger charge is -2.20. The third-order valence-electron chi connectivity index (χ3n) is 3.59. The zero-order chi connectivity index (χ0) is 12.0. The zero-order valence-electron chi connectivity index (χ0n) is 9.13. The van der Waals surface area contributed by atoms with E-state index in [-0.39, 0.29) is 16.6 Å². The molecule has 2 aliphatic heterocycles. The average molecular weight is 252 g/mol. The molecule has 3 rings (SSSR count). The van der Waals surface area contributed by atoms with Crippen molar-refractivity contribution in [1.82, 2.24) is 9.88 Å². The first kappa shape index (κ1) is 10.7. The van der Waals surface area contributed by atoms with Gasteiger partial charge in [-0.1, -0.05) is 0 Å². The molecule has 0 radical (unpaired) electrons. The first-order chi connectivity index (χ1) is 8.16. The van der Waals surface area contributed by atoms with Crippen molar-refractivity contribution in [2.45, 2.75) is 37.8 Å². The van der Waals surface area contributed by atoms with Crippen molar-refractivity contribution in [3.05, 3.63) is 16.1 Å². The summed E-state index contributed by atoms with van der Waals surface area (Å²) in [5, 5.41) is 10.3. The van der Waals surface area contributed by atoms with Crippen LogP contribution in [-0.2, 0) is 0 Å². The Morgan fingerprint density at radius 1 is 1.29 bits per heavy atom. The zero-order valence-corrected chi connectivity index (χ0v) is 9.94. The van der Waals surface area contributed by atoms with Crippen LogP contribution in [0.25, 0.3) is 0 Å². The summed E-state index contributed by atoms with van der Waals surface area (Å²) in [6, 6.07) is 0.699. The Bertz CT molecular complexity index is 465. The Morgan fingerprint density at radius 3 is 2.35 bits per heavy atom. The summed E-state index contributed by atoms with van der Waals surface area (Å²) in [5.74, 6) is -1.17. The van der Waals surface area contributed by atoms with Crippen LogP contribution in [0.4, 0.5) is 0 Å². The lowest BCUT2D eigenvalue weighted by Crippen LogP contribution is -2.35. The minimum Gasteiger partial charge on any atom is -0.476 e. The Kier molecular flexibility index (Phi) is 2.39. The third kappa shape index (κ3) is 1.63. The smallest absolute Gasteiger partial charge is 0.365 e. The van der Waals surface area contributed by atoms with Crippen LogP contribution in [0.2, 0.25) is 0 Å². The molecule has 1 aromatic heterocycles. The molecular formula is C11H12N2O3S. The molecule has 6 heteroatoms. The molecule has 90 valence electrons.